The minimum Gasteiger partial charge on any atom is -0.462 e. The number of ether oxygens (including phenoxy) is 2. The van der Waals surface area contributed by atoms with Crippen LogP contribution in [0.5, 0.6) is 0 Å². The normalized spacial score (nSPS) is 16.0. The first-order chi connectivity index (χ1) is 12.9. The van der Waals surface area contributed by atoms with Crippen LogP contribution in [0, 0.1) is 24.6 Å². The molecule has 0 amide bonds. The standard InChI is InChI=1S/C23H35FO4/c1-9-14(2)21(19-11-10-18(24)12-15(19)3)17(5)27-22(26)16(4)13-20(25)28-23(6,7)8/h10-12,14,16-17,21H,9,13H2,1-8H3/t14?,16-,17+,21+/m1/s1. The van der Waals surface area contributed by atoms with Crippen molar-refractivity contribution >= 4 is 11.9 Å². The van der Waals surface area contributed by atoms with Gasteiger partial charge in [-0.25, -0.2) is 4.39 Å². The van der Waals surface area contributed by atoms with Crippen molar-refractivity contribution in [3.63, 3.8) is 0 Å². The number of benzene rings is 1. The third kappa shape index (κ3) is 7.25. The Hall–Kier alpha value is -1.91. The summed E-state index contributed by atoms with van der Waals surface area (Å²) in [6, 6.07) is 4.72. The van der Waals surface area contributed by atoms with Gasteiger partial charge in [0.15, 0.2) is 0 Å². The molecule has 158 valence electrons. The molecule has 0 aromatic heterocycles. The molecule has 28 heavy (non-hydrogen) atoms. The van der Waals surface area contributed by atoms with E-state index in [0.29, 0.717) is 0 Å². The maximum absolute atomic E-state index is 13.5. The lowest BCUT2D eigenvalue weighted by molar-refractivity contribution is -0.163. The molecule has 4 nitrogen and oxygen atoms in total. The molecule has 1 aromatic rings. The average Bonchev–Trinajstić information content (AvgIpc) is 2.54. The van der Waals surface area contributed by atoms with Gasteiger partial charge in [-0.2, -0.15) is 0 Å². The minimum absolute atomic E-state index is 0.0214. The summed E-state index contributed by atoms with van der Waals surface area (Å²) in [7, 11) is 0. The van der Waals surface area contributed by atoms with Crippen LogP contribution in [0.1, 0.15) is 78.4 Å². The van der Waals surface area contributed by atoms with Crippen molar-refractivity contribution in [2.24, 2.45) is 11.8 Å². The summed E-state index contributed by atoms with van der Waals surface area (Å²) >= 11 is 0. The Labute approximate surface area is 168 Å². The third-order valence-electron chi connectivity index (χ3n) is 4.95. The van der Waals surface area contributed by atoms with Crippen LogP contribution in [0.25, 0.3) is 0 Å². The van der Waals surface area contributed by atoms with E-state index in [4.69, 9.17) is 9.47 Å². The molecule has 1 unspecified atom stereocenters. The topological polar surface area (TPSA) is 52.6 Å². The zero-order valence-electron chi connectivity index (χ0n) is 18.5. The number of aryl methyl sites for hydroxylation is 1. The van der Waals surface area contributed by atoms with Crippen molar-refractivity contribution in [3.8, 4) is 0 Å². The predicted octanol–water partition coefficient (Wildman–Crippen LogP) is 5.56. The minimum atomic E-state index is -0.593. The predicted molar refractivity (Wildman–Crippen MR) is 109 cm³/mol. The Morgan fingerprint density at radius 1 is 1.14 bits per heavy atom. The largest absolute Gasteiger partial charge is 0.462 e. The van der Waals surface area contributed by atoms with Crippen molar-refractivity contribution in [3.05, 3.63) is 35.1 Å². The van der Waals surface area contributed by atoms with E-state index in [1.165, 1.54) is 12.1 Å². The second-order valence-electron chi connectivity index (χ2n) is 8.75. The van der Waals surface area contributed by atoms with Crippen LogP contribution in [-0.2, 0) is 19.1 Å². The molecule has 5 heteroatoms. The molecular formula is C23H35FO4. The first-order valence-electron chi connectivity index (χ1n) is 10.0. The van der Waals surface area contributed by atoms with E-state index in [9.17, 15) is 14.0 Å². The molecule has 4 atom stereocenters. The lowest BCUT2D eigenvalue weighted by Gasteiger charge is -2.31. The molecule has 1 aromatic carbocycles. The summed E-state index contributed by atoms with van der Waals surface area (Å²) in [4.78, 5) is 24.5. The van der Waals surface area contributed by atoms with Crippen LogP contribution in [-0.4, -0.2) is 23.6 Å². The fourth-order valence-electron chi connectivity index (χ4n) is 3.38. The smallest absolute Gasteiger partial charge is 0.309 e. The van der Waals surface area contributed by atoms with E-state index >= 15 is 0 Å². The highest BCUT2D eigenvalue weighted by Crippen LogP contribution is 2.34. The highest BCUT2D eigenvalue weighted by molar-refractivity contribution is 5.80. The summed E-state index contributed by atoms with van der Waals surface area (Å²) in [5, 5.41) is 0. The Bertz CT molecular complexity index is 678. The number of carbonyl (C=O) groups is 2. The van der Waals surface area contributed by atoms with Crippen LogP contribution in [0.15, 0.2) is 18.2 Å². The quantitative estimate of drug-likeness (QED) is 0.541. The number of carbonyl (C=O) groups excluding carboxylic acids is 2. The zero-order valence-corrected chi connectivity index (χ0v) is 18.5. The van der Waals surface area contributed by atoms with Gasteiger partial charge in [0, 0.05) is 5.92 Å². The summed E-state index contributed by atoms with van der Waals surface area (Å²) in [6.07, 6.45) is 0.483. The monoisotopic (exact) mass is 394 g/mol. The zero-order chi connectivity index (χ0) is 21.6. The van der Waals surface area contributed by atoms with Gasteiger partial charge in [-0.15, -0.1) is 0 Å². The Kier molecular flexibility index (Phi) is 8.65. The van der Waals surface area contributed by atoms with E-state index < -0.39 is 29.6 Å². The van der Waals surface area contributed by atoms with E-state index in [-0.39, 0.29) is 24.1 Å². The highest BCUT2D eigenvalue weighted by Gasteiger charge is 2.31. The molecule has 0 aliphatic carbocycles. The molecule has 0 aliphatic rings. The summed E-state index contributed by atoms with van der Waals surface area (Å²) in [6.45, 7) is 14.9. The van der Waals surface area contributed by atoms with E-state index in [1.807, 2.05) is 13.8 Å². The van der Waals surface area contributed by atoms with Gasteiger partial charge in [-0.1, -0.05) is 33.3 Å². The van der Waals surface area contributed by atoms with Crippen LogP contribution in [0.4, 0.5) is 4.39 Å². The maximum Gasteiger partial charge on any atom is 0.309 e. The lowest BCUT2D eigenvalue weighted by Crippen LogP contribution is -2.31. The van der Waals surface area contributed by atoms with Crippen molar-refractivity contribution in [2.75, 3.05) is 0 Å². The lowest BCUT2D eigenvalue weighted by atomic mass is 9.80. The van der Waals surface area contributed by atoms with Crippen molar-refractivity contribution in [1.82, 2.24) is 0 Å². The molecule has 0 aliphatic heterocycles. The fourth-order valence-corrected chi connectivity index (χ4v) is 3.38. The van der Waals surface area contributed by atoms with Gasteiger partial charge < -0.3 is 9.47 Å². The van der Waals surface area contributed by atoms with Crippen LogP contribution < -0.4 is 0 Å². The van der Waals surface area contributed by atoms with E-state index in [1.54, 1.807) is 33.8 Å². The first kappa shape index (κ1) is 24.1. The SMILES string of the molecule is CCC(C)[C@H](c1ccc(F)cc1C)[C@H](C)OC(=O)[C@H](C)CC(=O)OC(C)(C)C. The van der Waals surface area contributed by atoms with Gasteiger partial charge in [0.1, 0.15) is 17.5 Å². The molecule has 0 fully saturated rings. The van der Waals surface area contributed by atoms with E-state index in [2.05, 4.69) is 13.8 Å². The molecule has 0 N–H and O–H groups in total. The summed E-state index contributed by atoms with van der Waals surface area (Å²) in [5.74, 6) is -1.52. The Morgan fingerprint density at radius 3 is 2.25 bits per heavy atom. The molecular weight excluding hydrogens is 359 g/mol. The maximum atomic E-state index is 13.5. The Morgan fingerprint density at radius 2 is 1.75 bits per heavy atom. The molecule has 0 saturated carbocycles. The third-order valence-corrected chi connectivity index (χ3v) is 4.95. The van der Waals surface area contributed by atoms with Gasteiger partial charge in [0.05, 0.1) is 12.3 Å². The molecule has 1 rings (SSSR count). The highest BCUT2D eigenvalue weighted by atomic mass is 19.1. The fraction of sp³-hybridized carbons (Fsp3) is 0.652. The van der Waals surface area contributed by atoms with Crippen LogP contribution >= 0.6 is 0 Å². The van der Waals surface area contributed by atoms with Crippen molar-refractivity contribution in [1.29, 1.82) is 0 Å². The summed E-state index contributed by atoms with van der Waals surface area (Å²) in [5.41, 5.74) is 1.24. The summed E-state index contributed by atoms with van der Waals surface area (Å²) < 4.78 is 24.5. The average molecular weight is 395 g/mol. The molecule has 0 saturated heterocycles. The number of hydrogen-bond donors (Lipinski definition) is 0. The van der Waals surface area contributed by atoms with E-state index in [0.717, 1.165) is 17.5 Å². The van der Waals surface area contributed by atoms with Crippen molar-refractivity contribution < 1.29 is 23.5 Å². The second-order valence-corrected chi connectivity index (χ2v) is 8.75. The van der Waals surface area contributed by atoms with Gasteiger partial charge in [-0.3, -0.25) is 9.59 Å². The van der Waals surface area contributed by atoms with Crippen molar-refractivity contribution in [2.45, 2.75) is 85.9 Å². The molecule has 0 spiro atoms. The number of rotatable bonds is 8. The van der Waals surface area contributed by atoms with Gasteiger partial charge in [0.25, 0.3) is 0 Å². The first-order valence-corrected chi connectivity index (χ1v) is 10.0. The van der Waals surface area contributed by atoms with Gasteiger partial charge >= 0.3 is 11.9 Å². The number of halogens is 1. The van der Waals surface area contributed by atoms with Gasteiger partial charge in [0.2, 0.25) is 0 Å². The molecule has 0 heterocycles. The molecule has 0 bridgehead atoms. The van der Waals surface area contributed by atoms with Crippen LogP contribution in [0.3, 0.4) is 0 Å². The van der Waals surface area contributed by atoms with Gasteiger partial charge in [-0.05, 0) is 63.8 Å². The molecule has 0 radical (unpaired) electrons. The van der Waals surface area contributed by atoms with Crippen LogP contribution in [0.2, 0.25) is 0 Å². The second kappa shape index (κ2) is 10.0. The number of hydrogen-bond acceptors (Lipinski definition) is 4. The Balaban J connectivity index is 2.88. The number of esters is 2.